The van der Waals surface area contributed by atoms with Crippen LogP contribution in [0.15, 0.2) is 30.3 Å². The summed E-state index contributed by atoms with van der Waals surface area (Å²) in [4.78, 5) is 28.9. The van der Waals surface area contributed by atoms with Crippen LogP contribution in [0.25, 0.3) is 0 Å². The summed E-state index contributed by atoms with van der Waals surface area (Å²) >= 11 is 0. The molecule has 0 radical (unpaired) electrons. The third-order valence-electron chi connectivity index (χ3n) is 6.04. The van der Waals surface area contributed by atoms with E-state index in [2.05, 4.69) is 22.3 Å². The molecule has 2 N–H and O–H groups in total. The van der Waals surface area contributed by atoms with E-state index in [1.165, 1.54) is 5.56 Å². The second kappa shape index (κ2) is 10.6. The van der Waals surface area contributed by atoms with Gasteiger partial charge in [-0.1, -0.05) is 30.3 Å². The van der Waals surface area contributed by atoms with Crippen molar-refractivity contribution in [3.63, 3.8) is 0 Å². The normalized spacial score (nSPS) is 21.5. The van der Waals surface area contributed by atoms with Gasteiger partial charge in [0, 0.05) is 38.6 Å². The third-order valence-corrected chi connectivity index (χ3v) is 6.04. The molecule has 3 rings (SSSR count). The van der Waals surface area contributed by atoms with Gasteiger partial charge in [-0.05, 0) is 44.2 Å². The van der Waals surface area contributed by atoms with Gasteiger partial charge in [-0.15, -0.1) is 0 Å². The summed E-state index contributed by atoms with van der Waals surface area (Å²) in [5.74, 6) is 0.296. The van der Waals surface area contributed by atoms with Crippen molar-refractivity contribution in [1.82, 2.24) is 15.1 Å². The second-order valence-electron chi connectivity index (χ2n) is 7.95. The van der Waals surface area contributed by atoms with Crippen molar-refractivity contribution in [2.75, 3.05) is 39.3 Å². The number of aliphatic hydroxyl groups excluding tert-OH is 1. The maximum absolute atomic E-state index is 12.6. The van der Waals surface area contributed by atoms with Gasteiger partial charge in [0.15, 0.2) is 0 Å². The van der Waals surface area contributed by atoms with Crippen molar-refractivity contribution in [3.05, 3.63) is 35.9 Å². The Labute approximate surface area is 167 Å². The molecule has 1 atom stereocenters. The summed E-state index contributed by atoms with van der Waals surface area (Å²) in [5, 5.41) is 12.1. The first-order valence-corrected chi connectivity index (χ1v) is 10.6. The molecular formula is C22H33N3O3. The summed E-state index contributed by atoms with van der Waals surface area (Å²) < 4.78 is 0. The Hall–Kier alpha value is -1.92. The average Bonchev–Trinajstić information content (AvgIpc) is 2.75. The molecule has 0 aliphatic carbocycles. The van der Waals surface area contributed by atoms with Gasteiger partial charge in [-0.25, -0.2) is 0 Å². The number of nitrogens with one attached hydrogen (secondary N) is 1. The standard InChI is InChI=1S/C22H33N3O3/c26-16-11-21(27)24-14-9-20(10-15-24)25-13-4-7-19(17-25)22(28)23-12-8-18-5-2-1-3-6-18/h1-3,5-6,19-20,26H,4,7-17H2,(H,23,28)/t19-/m1/s1. The fraction of sp³-hybridized carbons (Fsp3) is 0.636. The van der Waals surface area contributed by atoms with Gasteiger partial charge < -0.3 is 15.3 Å². The molecule has 154 valence electrons. The number of carbonyl (C=O) groups excluding carboxylic acids is 2. The van der Waals surface area contributed by atoms with Crippen molar-refractivity contribution < 1.29 is 14.7 Å². The minimum Gasteiger partial charge on any atom is -0.396 e. The van der Waals surface area contributed by atoms with Gasteiger partial charge in [-0.3, -0.25) is 14.5 Å². The van der Waals surface area contributed by atoms with Crippen LogP contribution in [0.1, 0.15) is 37.7 Å². The van der Waals surface area contributed by atoms with Crippen molar-refractivity contribution in [1.29, 1.82) is 0 Å². The Morgan fingerprint density at radius 1 is 1.07 bits per heavy atom. The molecule has 0 bridgehead atoms. The second-order valence-corrected chi connectivity index (χ2v) is 7.95. The Balaban J connectivity index is 1.41. The smallest absolute Gasteiger partial charge is 0.224 e. The van der Waals surface area contributed by atoms with E-state index in [9.17, 15) is 9.59 Å². The predicted octanol–water partition coefficient (Wildman–Crippen LogP) is 1.43. The molecule has 2 fully saturated rings. The molecule has 2 aliphatic heterocycles. The van der Waals surface area contributed by atoms with Crippen LogP contribution in [0.2, 0.25) is 0 Å². The molecule has 0 unspecified atom stereocenters. The van der Waals surface area contributed by atoms with Crippen LogP contribution in [-0.4, -0.2) is 72.1 Å². The van der Waals surface area contributed by atoms with Crippen molar-refractivity contribution in [2.24, 2.45) is 5.92 Å². The lowest BCUT2D eigenvalue weighted by molar-refractivity contribution is -0.133. The third kappa shape index (κ3) is 5.79. The zero-order valence-corrected chi connectivity index (χ0v) is 16.7. The molecule has 2 saturated heterocycles. The van der Waals surface area contributed by atoms with E-state index in [1.54, 1.807) is 0 Å². The number of aliphatic hydroxyl groups is 1. The quantitative estimate of drug-likeness (QED) is 0.742. The minimum absolute atomic E-state index is 0.0512. The molecule has 0 saturated carbocycles. The Kier molecular flexibility index (Phi) is 7.86. The fourth-order valence-corrected chi connectivity index (χ4v) is 4.41. The number of rotatable bonds is 7. The summed E-state index contributed by atoms with van der Waals surface area (Å²) in [7, 11) is 0. The molecule has 6 nitrogen and oxygen atoms in total. The van der Waals surface area contributed by atoms with Crippen LogP contribution in [0, 0.1) is 5.92 Å². The van der Waals surface area contributed by atoms with Crippen molar-refractivity contribution in [3.8, 4) is 0 Å². The van der Waals surface area contributed by atoms with E-state index in [1.807, 2.05) is 23.1 Å². The Morgan fingerprint density at radius 2 is 1.82 bits per heavy atom. The average molecular weight is 388 g/mol. The van der Waals surface area contributed by atoms with Gasteiger partial charge >= 0.3 is 0 Å². The minimum atomic E-state index is -0.0774. The maximum Gasteiger partial charge on any atom is 0.224 e. The predicted molar refractivity (Wildman–Crippen MR) is 109 cm³/mol. The van der Waals surface area contributed by atoms with Crippen LogP contribution in [0.4, 0.5) is 0 Å². The summed E-state index contributed by atoms with van der Waals surface area (Å²) in [5.41, 5.74) is 1.25. The van der Waals surface area contributed by atoms with Crippen LogP contribution in [0.5, 0.6) is 0 Å². The molecule has 2 amide bonds. The lowest BCUT2D eigenvalue weighted by Gasteiger charge is -2.42. The number of benzene rings is 1. The number of amides is 2. The number of likely N-dealkylation sites (tertiary alicyclic amines) is 2. The number of hydrogen-bond donors (Lipinski definition) is 2. The number of hydrogen-bond acceptors (Lipinski definition) is 4. The molecule has 0 spiro atoms. The Bertz CT molecular complexity index is 629. The molecule has 2 aliphatic rings. The lowest BCUT2D eigenvalue weighted by Crippen LogP contribution is -2.51. The highest BCUT2D eigenvalue weighted by atomic mass is 16.3. The SMILES string of the molecule is O=C(NCCc1ccccc1)[C@@H]1CCCN(C2CCN(C(=O)CCO)CC2)C1. The molecule has 1 aromatic rings. The van der Waals surface area contributed by atoms with Gasteiger partial charge in [0.25, 0.3) is 0 Å². The lowest BCUT2D eigenvalue weighted by atomic mass is 9.93. The molecule has 2 heterocycles. The molecule has 1 aromatic carbocycles. The highest BCUT2D eigenvalue weighted by Gasteiger charge is 2.32. The first-order valence-electron chi connectivity index (χ1n) is 10.6. The summed E-state index contributed by atoms with van der Waals surface area (Å²) in [6.07, 6.45) is 5.02. The highest BCUT2D eigenvalue weighted by Crippen LogP contribution is 2.24. The van der Waals surface area contributed by atoms with Crippen LogP contribution >= 0.6 is 0 Å². The maximum atomic E-state index is 12.6. The molecule has 6 heteroatoms. The molecule has 0 aromatic heterocycles. The van der Waals surface area contributed by atoms with Crippen molar-refractivity contribution in [2.45, 2.75) is 44.6 Å². The fourth-order valence-electron chi connectivity index (χ4n) is 4.41. The first-order chi connectivity index (χ1) is 13.7. The van der Waals surface area contributed by atoms with E-state index >= 15 is 0 Å². The van der Waals surface area contributed by atoms with Gasteiger partial charge in [0.2, 0.25) is 11.8 Å². The zero-order chi connectivity index (χ0) is 19.8. The number of nitrogens with zero attached hydrogens (tertiary/aromatic N) is 2. The van der Waals surface area contributed by atoms with E-state index < -0.39 is 0 Å². The summed E-state index contributed by atoms with van der Waals surface area (Å²) in [6.45, 7) is 3.99. The number of carbonyl (C=O) groups is 2. The number of piperidine rings is 2. The topological polar surface area (TPSA) is 72.9 Å². The van der Waals surface area contributed by atoms with Gasteiger partial charge in [-0.2, -0.15) is 0 Å². The summed E-state index contributed by atoms with van der Waals surface area (Å²) in [6, 6.07) is 10.7. The monoisotopic (exact) mass is 387 g/mol. The van der Waals surface area contributed by atoms with Gasteiger partial charge in [0.1, 0.15) is 0 Å². The first kappa shape index (κ1) is 20.8. The molecule has 28 heavy (non-hydrogen) atoms. The van der Waals surface area contributed by atoms with E-state index in [0.717, 1.165) is 58.3 Å². The van der Waals surface area contributed by atoms with E-state index in [4.69, 9.17) is 5.11 Å². The van der Waals surface area contributed by atoms with Crippen LogP contribution in [0.3, 0.4) is 0 Å². The van der Waals surface area contributed by atoms with Gasteiger partial charge in [0.05, 0.1) is 12.5 Å². The van der Waals surface area contributed by atoms with Crippen molar-refractivity contribution >= 4 is 11.8 Å². The zero-order valence-electron chi connectivity index (χ0n) is 16.7. The van der Waals surface area contributed by atoms with E-state index in [0.29, 0.717) is 12.6 Å². The Morgan fingerprint density at radius 3 is 2.54 bits per heavy atom. The highest BCUT2D eigenvalue weighted by molar-refractivity contribution is 5.79. The van der Waals surface area contributed by atoms with E-state index in [-0.39, 0.29) is 30.8 Å². The molecular weight excluding hydrogens is 354 g/mol. The van der Waals surface area contributed by atoms with Crippen LogP contribution < -0.4 is 5.32 Å². The largest absolute Gasteiger partial charge is 0.396 e. The van der Waals surface area contributed by atoms with Crippen LogP contribution in [-0.2, 0) is 16.0 Å².